The van der Waals surface area contributed by atoms with E-state index in [0.29, 0.717) is 11.2 Å². The minimum Gasteiger partial charge on any atom is -0.322 e. The van der Waals surface area contributed by atoms with Gasteiger partial charge in [0.05, 0.1) is 6.20 Å². The van der Waals surface area contributed by atoms with E-state index >= 15 is 0 Å². The van der Waals surface area contributed by atoms with Crippen LogP contribution in [0.2, 0.25) is 0 Å². The SMILES string of the molecule is Cc1ccc(NC(=O)c2cnn3cccnc23)cc1C. The van der Waals surface area contributed by atoms with Gasteiger partial charge in [-0.15, -0.1) is 0 Å². The van der Waals surface area contributed by atoms with Crippen molar-refractivity contribution in [2.75, 3.05) is 5.32 Å². The molecule has 0 bridgehead atoms. The maximum atomic E-state index is 12.3. The van der Waals surface area contributed by atoms with Crippen LogP contribution in [-0.2, 0) is 0 Å². The van der Waals surface area contributed by atoms with E-state index in [1.807, 2.05) is 32.0 Å². The summed E-state index contributed by atoms with van der Waals surface area (Å²) in [5, 5.41) is 6.98. The number of amides is 1. The second-order valence-electron chi connectivity index (χ2n) is 4.70. The Labute approximate surface area is 116 Å². The third-order valence-electron chi connectivity index (χ3n) is 3.29. The van der Waals surface area contributed by atoms with Crippen LogP contribution in [0.5, 0.6) is 0 Å². The first kappa shape index (κ1) is 12.3. The lowest BCUT2D eigenvalue weighted by atomic mass is 10.1. The Bertz CT molecular complexity index is 791. The maximum absolute atomic E-state index is 12.3. The van der Waals surface area contributed by atoms with Gasteiger partial charge in [-0.05, 0) is 43.2 Å². The lowest BCUT2D eigenvalue weighted by Gasteiger charge is -2.06. The molecule has 3 rings (SSSR count). The van der Waals surface area contributed by atoms with E-state index in [9.17, 15) is 4.79 Å². The summed E-state index contributed by atoms with van der Waals surface area (Å²) in [7, 11) is 0. The van der Waals surface area contributed by atoms with Gasteiger partial charge in [-0.25, -0.2) is 9.50 Å². The van der Waals surface area contributed by atoms with Gasteiger partial charge in [0.2, 0.25) is 0 Å². The van der Waals surface area contributed by atoms with Crippen molar-refractivity contribution in [2.45, 2.75) is 13.8 Å². The van der Waals surface area contributed by atoms with Crippen LogP contribution in [0.4, 0.5) is 5.69 Å². The zero-order valence-electron chi connectivity index (χ0n) is 11.3. The molecule has 1 amide bonds. The number of hydrogen-bond donors (Lipinski definition) is 1. The molecular weight excluding hydrogens is 252 g/mol. The van der Waals surface area contributed by atoms with E-state index in [2.05, 4.69) is 15.4 Å². The highest BCUT2D eigenvalue weighted by atomic mass is 16.1. The molecule has 5 nitrogen and oxygen atoms in total. The van der Waals surface area contributed by atoms with Gasteiger partial charge < -0.3 is 5.32 Å². The standard InChI is InChI=1S/C15H14N4O/c1-10-4-5-12(8-11(10)2)18-15(20)13-9-17-19-7-3-6-16-14(13)19/h3-9H,1-2H3,(H,18,20). The Hall–Kier alpha value is -2.69. The molecule has 0 spiro atoms. The molecule has 2 heterocycles. The van der Waals surface area contributed by atoms with Crippen LogP contribution in [0.25, 0.3) is 5.65 Å². The minimum absolute atomic E-state index is 0.207. The van der Waals surface area contributed by atoms with Gasteiger partial charge in [0.25, 0.3) is 5.91 Å². The molecule has 5 heteroatoms. The molecular formula is C15H14N4O. The zero-order chi connectivity index (χ0) is 14.1. The number of aryl methyl sites for hydroxylation is 2. The van der Waals surface area contributed by atoms with Crippen LogP contribution in [0.1, 0.15) is 21.5 Å². The first-order chi connectivity index (χ1) is 9.65. The molecule has 0 saturated carbocycles. The molecule has 1 N–H and O–H groups in total. The average Bonchev–Trinajstić information content (AvgIpc) is 2.87. The molecule has 0 saturated heterocycles. The summed E-state index contributed by atoms with van der Waals surface area (Å²) in [6.07, 6.45) is 4.93. The fourth-order valence-corrected chi connectivity index (χ4v) is 2.00. The number of aromatic nitrogens is 3. The summed E-state index contributed by atoms with van der Waals surface area (Å²) in [5.74, 6) is -0.207. The largest absolute Gasteiger partial charge is 0.322 e. The quantitative estimate of drug-likeness (QED) is 0.775. The number of hydrogen-bond acceptors (Lipinski definition) is 3. The van der Waals surface area contributed by atoms with Gasteiger partial charge in [-0.1, -0.05) is 6.07 Å². The smallest absolute Gasteiger partial charge is 0.261 e. The molecule has 1 aromatic carbocycles. The van der Waals surface area contributed by atoms with Crippen molar-refractivity contribution in [3.05, 3.63) is 59.5 Å². The predicted molar refractivity (Wildman–Crippen MR) is 76.9 cm³/mol. The lowest BCUT2D eigenvalue weighted by molar-refractivity contribution is 0.102. The topological polar surface area (TPSA) is 59.3 Å². The lowest BCUT2D eigenvalue weighted by Crippen LogP contribution is -2.12. The molecule has 0 radical (unpaired) electrons. The van der Waals surface area contributed by atoms with Crippen molar-refractivity contribution >= 4 is 17.2 Å². The Morgan fingerprint density at radius 1 is 1.25 bits per heavy atom. The number of carbonyl (C=O) groups excluding carboxylic acids is 1. The van der Waals surface area contributed by atoms with Crippen LogP contribution in [0.3, 0.4) is 0 Å². The Kier molecular flexibility index (Phi) is 2.95. The van der Waals surface area contributed by atoms with E-state index < -0.39 is 0 Å². The summed E-state index contributed by atoms with van der Waals surface area (Å²) in [6, 6.07) is 7.59. The van der Waals surface area contributed by atoms with Gasteiger partial charge >= 0.3 is 0 Å². The van der Waals surface area contributed by atoms with Crippen LogP contribution in [0, 0.1) is 13.8 Å². The zero-order valence-corrected chi connectivity index (χ0v) is 11.3. The number of fused-ring (bicyclic) bond motifs is 1. The van der Waals surface area contributed by atoms with Crippen LogP contribution in [0.15, 0.2) is 42.9 Å². The first-order valence-electron chi connectivity index (χ1n) is 6.32. The summed E-state index contributed by atoms with van der Waals surface area (Å²) >= 11 is 0. The first-order valence-corrected chi connectivity index (χ1v) is 6.32. The van der Waals surface area contributed by atoms with Crippen LogP contribution in [-0.4, -0.2) is 20.5 Å². The highest BCUT2D eigenvalue weighted by Gasteiger charge is 2.13. The second-order valence-corrected chi connectivity index (χ2v) is 4.70. The predicted octanol–water partition coefficient (Wildman–Crippen LogP) is 2.60. The maximum Gasteiger partial charge on any atom is 0.261 e. The van der Waals surface area contributed by atoms with Crippen molar-refractivity contribution in [1.29, 1.82) is 0 Å². The molecule has 0 fully saturated rings. The molecule has 0 aliphatic heterocycles. The van der Waals surface area contributed by atoms with Crippen molar-refractivity contribution in [1.82, 2.24) is 14.6 Å². The fraction of sp³-hybridized carbons (Fsp3) is 0.133. The van der Waals surface area contributed by atoms with Gasteiger partial charge in [-0.2, -0.15) is 5.10 Å². The van der Waals surface area contributed by atoms with E-state index in [1.165, 1.54) is 11.8 Å². The van der Waals surface area contributed by atoms with Crippen LogP contribution < -0.4 is 5.32 Å². The molecule has 0 unspecified atom stereocenters. The minimum atomic E-state index is -0.207. The number of benzene rings is 1. The molecule has 20 heavy (non-hydrogen) atoms. The highest BCUT2D eigenvalue weighted by Crippen LogP contribution is 2.16. The number of anilines is 1. The third-order valence-corrected chi connectivity index (χ3v) is 3.29. The Morgan fingerprint density at radius 3 is 2.90 bits per heavy atom. The molecule has 2 aromatic heterocycles. The van der Waals surface area contributed by atoms with Crippen molar-refractivity contribution in [3.8, 4) is 0 Å². The number of carbonyl (C=O) groups is 1. The molecule has 0 atom stereocenters. The second kappa shape index (κ2) is 4.77. The summed E-state index contributed by atoms with van der Waals surface area (Å²) < 4.78 is 1.58. The summed E-state index contributed by atoms with van der Waals surface area (Å²) in [4.78, 5) is 16.5. The fourth-order valence-electron chi connectivity index (χ4n) is 2.00. The van der Waals surface area contributed by atoms with Gasteiger partial charge in [0.15, 0.2) is 5.65 Å². The van der Waals surface area contributed by atoms with Crippen LogP contribution >= 0.6 is 0 Å². The molecule has 3 aromatic rings. The van der Waals surface area contributed by atoms with Gasteiger partial charge in [0.1, 0.15) is 5.56 Å². The van der Waals surface area contributed by atoms with Crippen molar-refractivity contribution in [3.63, 3.8) is 0 Å². The summed E-state index contributed by atoms with van der Waals surface area (Å²) in [6.45, 7) is 4.05. The average molecular weight is 266 g/mol. The number of rotatable bonds is 2. The number of nitrogens with one attached hydrogen (secondary N) is 1. The summed E-state index contributed by atoms with van der Waals surface area (Å²) in [5.41, 5.74) is 4.12. The van der Waals surface area contributed by atoms with E-state index in [4.69, 9.17) is 0 Å². The van der Waals surface area contributed by atoms with Crippen molar-refractivity contribution in [2.24, 2.45) is 0 Å². The van der Waals surface area contributed by atoms with E-state index in [0.717, 1.165) is 11.3 Å². The highest BCUT2D eigenvalue weighted by molar-refractivity contribution is 6.08. The Balaban J connectivity index is 1.91. The van der Waals surface area contributed by atoms with E-state index in [-0.39, 0.29) is 5.91 Å². The molecule has 0 aliphatic rings. The third kappa shape index (κ3) is 2.14. The number of nitrogens with zero attached hydrogens (tertiary/aromatic N) is 3. The molecule has 0 aliphatic carbocycles. The van der Waals surface area contributed by atoms with Crippen molar-refractivity contribution < 1.29 is 4.79 Å². The van der Waals surface area contributed by atoms with Gasteiger partial charge in [-0.3, -0.25) is 4.79 Å². The van der Waals surface area contributed by atoms with E-state index in [1.54, 1.807) is 23.0 Å². The Morgan fingerprint density at radius 2 is 2.10 bits per heavy atom. The normalized spacial score (nSPS) is 10.7. The van der Waals surface area contributed by atoms with Gasteiger partial charge in [0, 0.05) is 18.1 Å². The monoisotopic (exact) mass is 266 g/mol. The molecule has 100 valence electrons.